The third-order valence-corrected chi connectivity index (χ3v) is 2.77. The molecule has 1 rings (SSSR count). The van der Waals surface area contributed by atoms with Gasteiger partial charge in [-0.25, -0.2) is 0 Å². The second-order valence-electron chi connectivity index (χ2n) is 4.81. The summed E-state index contributed by atoms with van der Waals surface area (Å²) in [6, 6.07) is -0.639. The monoisotopic (exact) mass is 229 g/mol. The van der Waals surface area contributed by atoms with Gasteiger partial charge in [-0.1, -0.05) is 0 Å². The molecule has 1 saturated heterocycles. The fourth-order valence-corrected chi connectivity index (χ4v) is 1.73. The van der Waals surface area contributed by atoms with Crippen LogP contribution in [0.25, 0.3) is 0 Å². The molecule has 6 heteroatoms. The van der Waals surface area contributed by atoms with Gasteiger partial charge in [0.25, 0.3) is 0 Å². The van der Waals surface area contributed by atoms with Crippen molar-refractivity contribution in [3.8, 4) is 0 Å². The molecular formula is C10H19N3O3. The minimum atomic E-state index is -0.945. The molecule has 16 heavy (non-hydrogen) atoms. The summed E-state index contributed by atoms with van der Waals surface area (Å²) in [5.41, 5.74) is 4.77. The molecule has 6 nitrogen and oxygen atoms in total. The van der Waals surface area contributed by atoms with Gasteiger partial charge >= 0.3 is 5.97 Å². The summed E-state index contributed by atoms with van der Waals surface area (Å²) in [5, 5.41) is 9.00. The highest BCUT2D eigenvalue weighted by Gasteiger charge is 2.35. The first-order valence-corrected chi connectivity index (χ1v) is 5.25. The average molecular weight is 229 g/mol. The minimum Gasteiger partial charge on any atom is -0.480 e. The lowest BCUT2D eigenvalue weighted by molar-refractivity contribution is -0.149. The largest absolute Gasteiger partial charge is 0.480 e. The molecule has 1 fully saturated rings. The molecule has 0 aromatic heterocycles. The van der Waals surface area contributed by atoms with Crippen LogP contribution in [0.3, 0.4) is 0 Å². The van der Waals surface area contributed by atoms with Crippen molar-refractivity contribution in [3.63, 3.8) is 0 Å². The van der Waals surface area contributed by atoms with Gasteiger partial charge in [0, 0.05) is 19.6 Å². The van der Waals surface area contributed by atoms with E-state index in [2.05, 4.69) is 0 Å². The lowest BCUT2D eigenvalue weighted by atomic mass is 10.0. The van der Waals surface area contributed by atoms with Gasteiger partial charge in [-0.15, -0.1) is 0 Å². The van der Waals surface area contributed by atoms with E-state index >= 15 is 0 Å². The number of carbonyl (C=O) groups is 2. The van der Waals surface area contributed by atoms with Crippen LogP contribution in [0.5, 0.6) is 0 Å². The number of aliphatic carboxylic acids is 1. The fourth-order valence-electron chi connectivity index (χ4n) is 1.73. The molecule has 0 aliphatic carbocycles. The van der Waals surface area contributed by atoms with Crippen LogP contribution in [-0.2, 0) is 9.59 Å². The Labute approximate surface area is 95.0 Å². The van der Waals surface area contributed by atoms with Crippen LogP contribution in [0.1, 0.15) is 13.8 Å². The van der Waals surface area contributed by atoms with Crippen LogP contribution in [0, 0.1) is 0 Å². The number of carboxylic acids is 1. The number of piperazine rings is 1. The van der Waals surface area contributed by atoms with Crippen molar-refractivity contribution in [3.05, 3.63) is 0 Å². The molecule has 0 aromatic carbocycles. The van der Waals surface area contributed by atoms with Crippen molar-refractivity contribution in [2.24, 2.45) is 5.73 Å². The number of carboxylic acid groups (broad SMARTS) is 1. The average Bonchev–Trinajstić information content (AvgIpc) is 2.15. The van der Waals surface area contributed by atoms with Crippen LogP contribution in [0.4, 0.5) is 0 Å². The fraction of sp³-hybridized carbons (Fsp3) is 0.800. The first-order valence-electron chi connectivity index (χ1n) is 5.25. The Morgan fingerprint density at radius 3 is 2.38 bits per heavy atom. The Bertz CT molecular complexity index is 298. The summed E-state index contributed by atoms with van der Waals surface area (Å²) in [6.45, 7) is 4.54. The highest BCUT2D eigenvalue weighted by Crippen LogP contribution is 2.12. The topological polar surface area (TPSA) is 86.9 Å². The molecule has 0 unspecified atom stereocenters. The van der Waals surface area contributed by atoms with Gasteiger partial charge in [-0.3, -0.25) is 14.5 Å². The highest BCUT2D eigenvalue weighted by molar-refractivity contribution is 5.86. The van der Waals surface area contributed by atoms with Crippen LogP contribution >= 0.6 is 0 Å². The predicted octanol–water partition coefficient (Wildman–Crippen LogP) is -1.05. The molecule has 0 bridgehead atoms. The number of nitrogens with zero attached hydrogens (tertiary/aromatic N) is 2. The molecule has 0 saturated carbocycles. The van der Waals surface area contributed by atoms with Crippen molar-refractivity contribution in [1.82, 2.24) is 9.80 Å². The molecule has 92 valence electrons. The van der Waals surface area contributed by atoms with Gasteiger partial charge in [-0.05, 0) is 20.9 Å². The normalized spacial score (nSPS) is 23.2. The number of hydrogen-bond donors (Lipinski definition) is 2. The number of rotatable bonds is 2. The standard InChI is InChI=1S/C10H19N3O3/c1-10(2,11)9(16)13-5-4-12(3)7(6-13)8(14)15/h7H,4-6,11H2,1-3H3,(H,14,15)/t7-/m0/s1. The van der Waals surface area contributed by atoms with Gasteiger partial charge in [-0.2, -0.15) is 0 Å². The molecule has 0 spiro atoms. The molecule has 1 atom stereocenters. The predicted molar refractivity (Wildman–Crippen MR) is 58.9 cm³/mol. The van der Waals surface area contributed by atoms with E-state index in [4.69, 9.17) is 10.8 Å². The van der Waals surface area contributed by atoms with Crippen molar-refractivity contribution < 1.29 is 14.7 Å². The number of nitrogens with two attached hydrogens (primary N) is 1. The smallest absolute Gasteiger partial charge is 0.322 e. The maximum absolute atomic E-state index is 11.9. The van der Waals surface area contributed by atoms with E-state index in [1.807, 2.05) is 0 Å². The maximum Gasteiger partial charge on any atom is 0.322 e. The molecule has 1 aliphatic rings. The van der Waals surface area contributed by atoms with E-state index in [0.29, 0.717) is 13.1 Å². The Kier molecular flexibility index (Phi) is 3.54. The van der Waals surface area contributed by atoms with E-state index < -0.39 is 17.6 Å². The molecule has 1 aliphatic heterocycles. The first-order chi connectivity index (χ1) is 7.23. The second kappa shape index (κ2) is 4.39. The minimum absolute atomic E-state index is 0.200. The zero-order chi connectivity index (χ0) is 12.5. The van der Waals surface area contributed by atoms with Crippen molar-refractivity contribution in [1.29, 1.82) is 0 Å². The lowest BCUT2D eigenvalue weighted by Gasteiger charge is -2.39. The third kappa shape index (κ3) is 2.70. The summed E-state index contributed by atoms with van der Waals surface area (Å²) in [7, 11) is 1.74. The summed E-state index contributed by atoms with van der Waals surface area (Å²) in [4.78, 5) is 26.1. The van der Waals surface area contributed by atoms with Crippen molar-refractivity contribution >= 4 is 11.9 Å². The van der Waals surface area contributed by atoms with Crippen molar-refractivity contribution in [2.75, 3.05) is 26.7 Å². The Hall–Kier alpha value is -1.14. The lowest BCUT2D eigenvalue weighted by Crippen LogP contribution is -2.61. The van der Waals surface area contributed by atoms with Crippen LogP contribution in [0.2, 0.25) is 0 Å². The number of likely N-dealkylation sites (N-methyl/N-ethyl adjacent to an activating group) is 1. The summed E-state index contributed by atoms with van der Waals surface area (Å²) in [6.07, 6.45) is 0. The Balaban J connectivity index is 2.73. The summed E-state index contributed by atoms with van der Waals surface area (Å²) in [5.74, 6) is -1.11. The molecular weight excluding hydrogens is 210 g/mol. The Morgan fingerprint density at radius 2 is 1.94 bits per heavy atom. The van der Waals surface area contributed by atoms with Gasteiger partial charge in [0.15, 0.2) is 0 Å². The van der Waals surface area contributed by atoms with Gasteiger partial charge in [0.05, 0.1) is 5.54 Å². The van der Waals surface area contributed by atoms with E-state index in [9.17, 15) is 9.59 Å². The molecule has 0 radical (unpaired) electrons. The maximum atomic E-state index is 11.9. The molecule has 3 N–H and O–H groups in total. The SMILES string of the molecule is CN1CCN(C(=O)C(C)(C)N)C[C@H]1C(=O)O. The van der Waals surface area contributed by atoms with Gasteiger partial charge in [0.1, 0.15) is 6.04 Å². The second-order valence-corrected chi connectivity index (χ2v) is 4.81. The van der Waals surface area contributed by atoms with Gasteiger partial charge < -0.3 is 15.7 Å². The molecule has 1 heterocycles. The van der Waals surface area contributed by atoms with Crippen LogP contribution in [0.15, 0.2) is 0 Å². The molecule has 1 amide bonds. The first kappa shape index (κ1) is 12.9. The van der Waals surface area contributed by atoms with Crippen molar-refractivity contribution in [2.45, 2.75) is 25.4 Å². The van der Waals surface area contributed by atoms with E-state index in [1.54, 1.807) is 25.8 Å². The van der Waals surface area contributed by atoms with Crippen LogP contribution in [-0.4, -0.2) is 65.0 Å². The number of amides is 1. The third-order valence-electron chi connectivity index (χ3n) is 2.77. The molecule has 0 aromatic rings. The summed E-state index contributed by atoms with van der Waals surface area (Å²) < 4.78 is 0. The highest BCUT2D eigenvalue weighted by atomic mass is 16.4. The number of carbonyl (C=O) groups excluding carboxylic acids is 1. The quantitative estimate of drug-likeness (QED) is 0.631. The van der Waals surface area contributed by atoms with E-state index in [1.165, 1.54) is 4.90 Å². The van der Waals surface area contributed by atoms with E-state index in [0.717, 1.165) is 0 Å². The van der Waals surface area contributed by atoms with E-state index in [-0.39, 0.29) is 12.5 Å². The Morgan fingerprint density at radius 1 is 1.38 bits per heavy atom. The van der Waals surface area contributed by atoms with Gasteiger partial charge in [0.2, 0.25) is 5.91 Å². The zero-order valence-electron chi connectivity index (χ0n) is 9.93. The zero-order valence-corrected chi connectivity index (χ0v) is 9.93. The van der Waals surface area contributed by atoms with Crippen LogP contribution < -0.4 is 5.73 Å². The summed E-state index contributed by atoms with van der Waals surface area (Å²) >= 11 is 0. The number of hydrogen-bond acceptors (Lipinski definition) is 4.